The summed E-state index contributed by atoms with van der Waals surface area (Å²) in [6.07, 6.45) is 0.328. The Labute approximate surface area is 81.9 Å². The second kappa shape index (κ2) is 4.23. The van der Waals surface area contributed by atoms with E-state index in [-0.39, 0.29) is 6.54 Å². The first-order chi connectivity index (χ1) is 6.54. The summed E-state index contributed by atoms with van der Waals surface area (Å²) in [5.41, 5.74) is 6.02. The van der Waals surface area contributed by atoms with Crippen LogP contribution in [-0.2, 0) is 11.2 Å². The number of oxazole rings is 1. The highest BCUT2D eigenvalue weighted by Gasteiger charge is 2.19. The molecular weight excluding hydrogens is 184 g/mol. The summed E-state index contributed by atoms with van der Waals surface area (Å²) in [6.45, 7) is 3.61. The highest BCUT2D eigenvalue weighted by Crippen LogP contribution is 2.13. The summed E-state index contributed by atoms with van der Waals surface area (Å²) >= 11 is 0. The Morgan fingerprint density at radius 3 is 2.64 bits per heavy atom. The molecule has 1 heterocycles. The van der Waals surface area contributed by atoms with Crippen LogP contribution in [0.2, 0.25) is 0 Å². The van der Waals surface area contributed by atoms with E-state index in [1.165, 1.54) is 0 Å². The molecule has 0 aromatic carbocycles. The number of carboxylic acid groups (broad SMARTS) is 1. The normalized spacial score (nSPS) is 12.8. The van der Waals surface area contributed by atoms with Crippen molar-refractivity contribution >= 4 is 5.97 Å². The summed E-state index contributed by atoms with van der Waals surface area (Å²) in [7, 11) is 0. The van der Waals surface area contributed by atoms with Crippen LogP contribution in [0.3, 0.4) is 0 Å². The lowest BCUT2D eigenvalue weighted by Crippen LogP contribution is -2.25. The third-order valence-corrected chi connectivity index (χ3v) is 2.07. The number of nitrogens with zero attached hydrogens (tertiary/aromatic N) is 1. The molecule has 14 heavy (non-hydrogen) atoms. The Morgan fingerprint density at radius 2 is 2.29 bits per heavy atom. The van der Waals surface area contributed by atoms with Gasteiger partial charge in [0, 0.05) is 19.9 Å². The zero-order chi connectivity index (χ0) is 10.7. The van der Waals surface area contributed by atoms with Gasteiger partial charge in [-0.05, 0) is 6.92 Å². The SMILES string of the molecule is Cc1nc(CC(CN)C(=O)O)c(C)o1. The van der Waals surface area contributed by atoms with Crippen LogP contribution >= 0.6 is 0 Å². The maximum atomic E-state index is 10.7. The van der Waals surface area contributed by atoms with E-state index >= 15 is 0 Å². The molecule has 1 aromatic rings. The van der Waals surface area contributed by atoms with E-state index in [1.54, 1.807) is 13.8 Å². The van der Waals surface area contributed by atoms with Gasteiger partial charge in [0.15, 0.2) is 5.89 Å². The molecule has 0 spiro atoms. The van der Waals surface area contributed by atoms with Gasteiger partial charge >= 0.3 is 5.97 Å². The van der Waals surface area contributed by atoms with Crippen molar-refractivity contribution in [3.63, 3.8) is 0 Å². The van der Waals surface area contributed by atoms with Gasteiger partial charge in [-0.3, -0.25) is 4.79 Å². The first-order valence-corrected chi connectivity index (χ1v) is 4.40. The Kier molecular flexibility index (Phi) is 3.24. The van der Waals surface area contributed by atoms with Crippen molar-refractivity contribution in [2.75, 3.05) is 6.54 Å². The lowest BCUT2D eigenvalue weighted by Gasteiger charge is -2.06. The molecule has 1 rings (SSSR count). The number of hydrogen-bond donors (Lipinski definition) is 2. The summed E-state index contributed by atoms with van der Waals surface area (Å²) in [5, 5.41) is 8.79. The number of aryl methyl sites for hydroxylation is 2. The van der Waals surface area contributed by atoms with Crippen molar-refractivity contribution < 1.29 is 14.3 Å². The van der Waals surface area contributed by atoms with Crippen LogP contribution in [0.15, 0.2) is 4.42 Å². The molecule has 0 aliphatic heterocycles. The molecule has 0 aliphatic rings. The lowest BCUT2D eigenvalue weighted by molar-refractivity contribution is -0.141. The Balaban J connectivity index is 2.76. The fraction of sp³-hybridized carbons (Fsp3) is 0.556. The molecule has 0 aliphatic carbocycles. The summed E-state index contributed by atoms with van der Waals surface area (Å²) in [4.78, 5) is 14.8. The topological polar surface area (TPSA) is 89.3 Å². The van der Waals surface area contributed by atoms with Gasteiger partial charge in [-0.15, -0.1) is 0 Å². The first-order valence-electron chi connectivity index (χ1n) is 4.40. The zero-order valence-corrected chi connectivity index (χ0v) is 8.28. The van der Waals surface area contributed by atoms with Crippen LogP contribution in [-0.4, -0.2) is 22.6 Å². The number of aliphatic carboxylic acids is 1. The smallest absolute Gasteiger partial charge is 0.308 e. The van der Waals surface area contributed by atoms with Crippen LogP contribution in [0.1, 0.15) is 17.3 Å². The van der Waals surface area contributed by atoms with E-state index in [4.69, 9.17) is 15.3 Å². The van der Waals surface area contributed by atoms with Crippen molar-refractivity contribution in [2.24, 2.45) is 11.7 Å². The molecule has 78 valence electrons. The van der Waals surface area contributed by atoms with Gasteiger partial charge < -0.3 is 15.3 Å². The van der Waals surface area contributed by atoms with Gasteiger partial charge in [-0.1, -0.05) is 0 Å². The quantitative estimate of drug-likeness (QED) is 0.735. The molecule has 5 nitrogen and oxygen atoms in total. The molecule has 3 N–H and O–H groups in total. The highest BCUT2D eigenvalue weighted by molar-refractivity contribution is 5.70. The predicted octanol–water partition coefficient (Wildman–Crippen LogP) is 0.493. The number of aromatic nitrogens is 1. The first kappa shape index (κ1) is 10.7. The van der Waals surface area contributed by atoms with E-state index in [2.05, 4.69) is 4.98 Å². The maximum Gasteiger partial charge on any atom is 0.308 e. The third kappa shape index (κ3) is 2.32. The number of carboxylic acids is 1. The minimum Gasteiger partial charge on any atom is -0.481 e. The van der Waals surface area contributed by atoms with E-state index in [0.29, 0.717) is 23.8 Å². The van der Waals surface area contributed by atoms with Gasteiger partial charge in [-0.25, -0.2) is 4.98 Å². The molecule has 5 heteroatoms. The minimum absolute atomic E-state index is 0.112. The van der Waals surface area contributed by atoms with Crippen molar-refractivity contribution in [1.29, 1.82) is 0 Å². The number of rotatable bonds is 4. The van der Waals surface area contributed by atoms with Crippen LogP contribution in [0, 0.1) is 19.8 Å². The van der Waals surface area contributed by atoms with Gasteiger partial charge in [0.1, 0.15) is 5.76 Å². The Morgan fingerprint density at radius 1 is 1.64 bits per heavy atom. The van der Waals surface area contributed by atoms with Crippen molar-refractivity contribution in [3.8, 4) is 0 Å². The second-order valence-corrected chi connectivity index (χ2v) is 3.21. The lowest BCUT2D eigenvalue weighted by atomic mass is 10.0. The summed E-state index contributed by atoms with van der Waals surface area (Å²) in [5.74, 6) is -0.258. The van der Waals surface area contributed by atoms with Gasteiger partial charge in [0.2, 0.25) is 0 Å². The standard InChI is InChI=1S/C9H14N2O3/c1-5-8(11-6(2)14-5)3-7(4-10)9(12)13/h7H,3-4,10H2,1-2H3,(H,12,13). The molecule has 0 amide bonds. The molecule has 0 saturated heterocycles. The number of carbonyl (C=O) groups is 1. The van der Waals surface area contributed by atoms with E-state index in [9.17, 15) is 4.79 Å². The fourth-order valence-corrected chi connectivity index (χ4v) is 1.27. The molecule has 0 bridgehead atoms. The van der Waals surface area contributed by atoms with Crippen molar-refractivity contribution in [1.82, 2.24) is 4.98 Å². The van der Waals surface area contributed by atoms with E-state index in [0.717, 1.165) is 0 Å². The number of hydrogen-bond acceptors (Lipinski definition) is 4. The van der Waals surface area contributed by atoms with Crippen LogP contribution in [0.5, 0.6) is 0 Å². The van der Waals surface area contributed by atoms with E-state index in [1.807, 2.05) is 0 Å². The average molecular weight is 198 g/mol. The highest BCUT2D eigenvalue weighted by atomic mass is 16.4. The number of nitrogens with two attached hydrogens (primary N) is 1. The molecule has 0 saturated carbocycles. The predicted molar refractivity (Wildman–Crippen MR) is 49.9 cm³/mol. The molecule has 1 aromatic heterocycles. The monoisotopic (exact) mass is 198 g/mol. The van der Waals surface area contributed by atoms with Crippen LogP contribution in [0.4, 0.5) is 0 Å². The van der Waals surface area contributed by atoms with Crippen molar-refractivity contribution in [2.45, 2.75) is 20.3 Å². The third-order valence-electron chi connectivity index (χ3n) is 2.07. The summed E-state index contributed by atoms with van der Waals surface area (Å²) < 4.78 is 5.19. The maximum absolute atomic E-state index is 10.7. The Bertz CT molecular complexity index is 333. The van der Waals surface area contributed by atoms with Crippen LogP contribution < -0.4 is 5.73 Å². The van der Waals surface area contributed by atoms with Gasteiger partial charge in [0.05, 0.1) is 11.6 Å². The fourth-order valence-electron chi connectivity index (χ4n) is 1.27. The second-order valence-electron chi connectivity index (χ2n) is 3.21. The molecule has 0 radical (unpaired) electrons. The molecule has 1 atom stereocenters. The average Bonchev–Trinajstić information content (AvgIpc) is 2.40. The van der Waals surface area contributed by atoms with Crippen LogP contribution in [0.25, 0.3) is 0 Å². The summed E-state index contributed by atoms with van der Waals surface area (Å²) in [6, 6.07) is 0. The molecule has 0 fully saturated rings. The van der Waals surface area contributed by atoms with Gasteiger partial charge in [0.25, 0.3) is 0 Å². The van der Waals surface area contributed by atoms with Crippen molar-refractivity contribution in [3.05, 3.63) is 17.3 Å². The minimum atomic E-state index is -0.896. The van der Waals surface area contributed by atoms with E-state index < -0.39 is 11.9 Å². The Hall–Kier alpha value is -1.36. The zero-order valence-electron chi connectivity index (χ0n) is 8.28. The largest absolute Gasteiger partial charge is 0.481 e. The molecular formula is C9H14N2O3. The van der Waals surface area contributed by atoms with Gasteiger partial charge in [-0.2, -0.15) is 0 Å². The molecule has 1 unspecified atom stereocenters.